The van der Waals surface area contributed by atoms with Crippen molar-refractivity contribution in [3.8, 4) is 11.5 Å². The molecule has 11 heteroatoms. The highest BCUT2D eigenvalue weighted by Crippen LogP contribution is 2.28. The van der Waals surface area contributed by atoms with Gasteiger partial charge in [0.1, 0.15) is 24.7 Å². The van der Waals surface area contributed by atoms with E-state index in [4.69, 9.17) is 9.47 Å². The number of nitrogens with one attached hydrogen (secondary N) is 1. The molecule has 2 aromatic rings. The Labute approximate surface area is 252 Å². The monoisotopic (exact) mass is 604 g/mol. The van der Waals surface area contributed by atoms with Gasteiger partial charge in [-0.05, 0) is 68.0 Å². The van der Waals surface area contributed by atoms with Crippen LogP contribution in [-0.2, 0) is 21.0 Å². The summed E-state index contributed by atoms with van der Waals surface area (Å²) < 4.78 is 37.0. The second kappa shape index (κ2) is 22.3. The molecule has 0 radical (unpaired) electrons. The van der Waals surface area contributed by atoms with E-state index in [2.05, 4.69) is 36.2 Å². The first-order valence-electron chi connectivity index (χ1n) is 14.3. The van der Waals surface area contributed by atoms with E-state index in [0.717, 1.165) is 31.8 Å². The molecule has 0 bridgehead atoms. The summed E-state index contributed by atoms with van der Waals surface area (Å²) in [5.74, 6) is -2.42. The second-order valence-corrected chi connectivity index (χ2v) is 9.59. The molecule has 0 heterocycles. The highest BCUT2D eigenvalue weighted by molar-refractivity contribution is 5.76. The minimum absolute atomic E-state index is 0.173. The molecule has 236 valence electrons. The van der Waals surface area contributed by atoms with Crippen LogP contribution in [-0.4, -0.2) is 36.5 Å². The number of allylic oxidation sites excluding steroid dienone is 3. The fourth-order valence-electron chi connectivity index (χ4n) is 3.73. The number of carbonyl (C=O) groups is 2. The van der Waals surface area contributed by atoms with Gasteiger partial charge in [-0.3, -0.25) is 4.79 Å². The van der Waals surface area contributed by atoms with E-state index in [1.54, 1.807) is 30.3 Å². The highest BCUT2D eigenvalue weighted by atomic mass is 19.3. The molecule has 0 spiro atoms. The molecule has 9 nitrogen and oxygen atoms in total. The van der Waals surface area contributed by atoms with Crippen molar-refractivity contribution in [3.63, 3.8) is 0 Å². The quantitative estimate of drug-likeness (QED) is 0.0433. The largest absolute Gasteiger partial charge is 0.487 e. The van der Waals surface area contributed by atoms with Crippen molar-refractivity contribution >= 4 is 12.4 Å². The topological polar surface area (TPSA) is 117 Å². The van der Waals surface area contributed by atoms with Gasteiger partial charge in [-0.15, -0.1) is 10.1 Å². The predicted molar refractivity (Wildman–Crippen MR) is 160 cm³/mol. The van der Waals surface area contributed by atoms with Crippen molar-refractivity contribution in [2.75, 3.05) is 13.2 Å². The van der Waals surface area contributed by atoms with Gasteiger partial charge in [0.2, 0.25) is 6.41 Å². The standard InChI is InChI=1S/C15H18F2O.C10H10N2O6.C7H14/c16-15(17,11-10-13-6-4-5-7-13)12-18-14-8-2-1-3-9-14;13-7-11-5-10(14)18-9-3-1-8(2-4-9)6-17-12(15)16;1-3-5-7-6-4-2/h1-3,8-11,13H,4-7,12H2;1-4,7H,5-6H2,(H,11,13);3,5H,4,6-7H2,1-2H3/b11-10+;;5-3-. The van der Waals surface area contributed by atoms with Gasteiger partial charge in [0.15, 0.2) is 6.61 Å². The summed E-state index contributed by atoms with van der Waals surface area (Å²) in [6, 6.07) is 14.7. The SMILES string of the molecule is C/C=C\CCCC.FC(F)(/C=C/C1CCCC1)COc1ccccc1.O=CNCC(=O)Oc1ccc(CO[N+](=O)[O-])cc1. The lowest BCUT2D eigenvalue weighted by atomic mass is 10.1. The van der Waals surface area contributed by atoms with Crippen molar-refractivity contribution in [2.24, 2.45) is 5.92 Å². The average Bonchev–Trinajstić information content (AvgIpc) is 3.53. The number of alkyl halides is 2. The van der Waals surface area contributed by atoms with Crippen LogP contribution in [0.5, 0.6) is 11.5 Å². The Morgan fingerprint density at radius 3 is 2.35 bits per heavy atom. The first-order chi connectivity index (χ1) is 20.7. The van der Waals surface area contributed by atoms with Gasteiger partial charge in [0.25, 0.3) is 11.0 Å². The summed E-state index contributed by atoms with van der Waals surface area (Å²) >= 11 is 0. The van der Waals surface area contributed by atoms with Gasteiger partial charge in [-0.1, -0.05) is 81.2 Å². The van der Waals surface area contributed by atoms with Crippen molar-refractivity contribution in [2.45, 2.75) is 71.3 Å². The van der Waals surface area contributed by atoms with Crippen LogP contribution in [0.25, 0.3) is 0 Å². The maximum Gasteiger partial charge on any atom is 0.330 e. The Balaban J connectivity index is 0.000000354. The Morgan fingerprint density at radius 1 is 1.09 bits per heavy atom. The Hall–Kier alpha value is -4.28. The van der Waals surface area contributed by atoms with Crippen LogP contribution < -0.4 is 14.8 Å². The maximum atomic E-state index is 13.6. The molecule has 1 saturated carbocycles. The molecule has 0 atom stereocenters. The number of para-hydroxylation sites is 1. The molecule has 1 aliphatic rings. The highest BCUT2D eigenvalue weighted by Gasteiger charge is 2.27. The van der Waals surface area contributed by atoms with Crippen molar-refractivity contribution < 1.29 is 37.8 Å². The van der Waals surface area contributed by atoms with Crippen LogP contribution in [0, 0.1) is 16.0 Å². The van der Waals surface area contributed by atoms with Gasteiger partial charge < -0.3 is 19.6 Å². The van der Waals surface area contributed by atoms with E-state index in [9.17, 15) is 28.5 Å². The van der Waals surface area contributed by atoms with Crippen molar-refractivity contribution in [1.29, 1.82) is 0 Å². The number of nitrogens with zero attached hydrogens (tertiary/aromatic N) is 1. The molecule has 1 N–H and O–H groups in total. The Bertz CT molecular complexity index is 1100. The summed E-state index contributed by atoms with van der Waals surface area (Å²) in [5.41, 5.74) is 0.567. The van der Waals surface area contributed by atoms with Gasteiger partial charge >= 0.3 is 5.97 Å². The number of ether oxygens (including phenoxy) is 2. The molecule has 1 amide bonds. The van der Waals surface area contributed by atoms with Crippen LogP contribution in [0.15, 0.2) is 78.9 Å². The number of amides is 1. The maximum absolute atomic E-state index is 13.6. The van der Waals surface area contributed by atoms with E-state index >= 15 is 0 Å². The normalized spacial score (nSPS) is 12.9. The van der Waals surface area contributed by atoms with E-state index < -0.39 is 23.6 Å². The molecule has 0 aromatic heterocycles. The van der Waals surface area contributed by atoms with Crippen LogP contribution >= 0.6 is 0 Å². The summed E-state index contributed by atoms with van der Waals surface area (Å²) in [6.45, 7) is 3.28. The number of halogens is 2. The Morgan fingerprint density at radius 2 is 1.77 bits per heavy atom. The summed E-state index contributed by atoms with van der Waals surface area (Å²) in [5, 5.41) is 11.2. The number of rotatable bonds is 15. The third-order valence-electron chi connectivity index (χ3n) is 5.97. The summed E-state index contributed by atoms with van der Waals surface area (Å²) in [4.78, 5) is 35.2. The van der Waals surface area contributed by atoms with Gasteiger partial charge in [0, 0.05) is 0 Å². The molecule has 43 heavy (non-hydrogen) atoms. The number of benzene rings is 2. The smallest absolute Gasteiger partial charge is 0.330 e. The predicted octanol–water partition coefficient (Wildman–Crippen LogP) is 7.25. The van der Waals surface area contributed by atoms with Crippen molar-refractivity contribution in [1.82, 2.24) is 5.32 Å². The number of hydrogen-bond acceptors (Lipinski definition) is 7. The lowest BCUT2D eigenvalue weighted by Gasteiger charge is -2.14. The third kappa shape index (κ3) is 19.5. The minimum Gasteiger partial charge on any atom is -0.487 e. The first-order valence-corrected chi connectivity index (χ1v) is 14.3. The van der Waals surface area contributed by atoms with Crippen molar-refractivity contribution in [3.05, 3.63) is 94.6 Å². The average molecular weight is 605 g/mol. The minimum atomic E-state index is -2.89. The molecule has 1 aliphatic carbocycles. The fourth-order valence-corrected chi connectivity index (χ4v) is 3.73. The molecule has 1 fully saturated rings. The first kappa shape index (κ1) is 36.7. The van der Waals surface area contributed by atoms with Gasteiger partial charge in [0.05, 0.1) is 0 Å². The number of hydrogen-bond donors (Lipinski definition) is 1. The molecule has 0 saturated heterocycles. The third-order valence-corrected chi connectivity index (χ3v) is 5.97. The lowest BCUT2D eigenvalue weighted by Crippen LogP contribution is -2.25. The summed E-state index contributed by atoms with van der Waals surface area (Å²) in [6.07, 6.45) is 15.6. The molecule has 2 aromatic carbocycles. The zero-order valence-corrected chi connectivity index (χ0v) is 24.8. The number of carbonyl (C=O) groups excluding carboxylic acids is 2. The Kier molecular flexibility index (Phi) is 19.1. The van der Waals surface area contributed by atoms with Crippen LogP contribution in [0.1, 0.15) is 64.4 Å². The van der Waals surface area contributed by atoms with E-state index in [1.807, 2.05) is 6.07 Å². The molecule has 0 unspecified atom stereocenters. The van der Waals surface area contributed by atoms with E-state index in [-0.39, 0.29) is 18.9 Å². The number of esters is 1. The zero-order valence-electron chi connectivity index (χ0n) is 24.8. The van der Waals surface area contributed by atoms with Crippen LogP contribution in [0.2, 0.25) is 0 Å². The van der Waals surface area contributed by atoms with E-state index in [0.29, 0.717) is 23.6 Å². The molecular formula is C32H42F2N2O7. The zero-order chi connectivity index (χ0) is 31.8. The molecule has 0 aliphatic heterocycles. The van der Waals surface area contributed by atoms with E-state index in [1.165, 1.54) is 43.5 Å². The molecule has 3 rings (SSSR count). The summed E-state index contributed by atoms with van der Waals surface area (Å²) in [7, 11) is 0. The van der Waals surface area contributed by atoms with Gasteiger partial charge in [-0.2, -0.15) is 8.78 Å². The second-order valence-electron chi connectivity index (χ2n) is 9.59. The lowest BCUT2D eigenvalue weighted by molar-refractivity contribution is -0.763. The molecular weight excluding hydrogens is 562 g/mol. The van der Waals surface area contributed by atoms with Gasteiger partial charge in [-0.25, -0.2) is 4.79 Å². The van der Waals surface area contributed by atoms with Crippen LogP contribution in [0.4, 0.5) is 8.78 Å². The number of unbranched alkanes of at least 4 members (excludes halogenated alkanes) is 2. The fraction of sp³-hybridized carbons (Fsp3) is 0.438. The van der Waals surface area contributed by atoms with Crippen LogP contribution in [0.3, 0.4) is 0 Å².